The third kappa shape index (κ3) is 17.6. The summed E-state index contributed by atoms with van der Waals surface area (Å²) in [5.41, 5.74) is 0. The molecule has 0 aromatic carbocycles. The number of rotatable bonds is 2. The van der Waals surface area contributed by atoms with Gasteiger partial charge in [-0.15, -0.1) is 0 Å². The standard InChI is InChI=1S/C5H14NO.H3P.W/c1-6(2,3)4-5-7;;/h7H,4-5H2,1-3H3;1H3;/q+1;;. The molecule has 0 saturated heterocycles. The summed E-state index contributed by atoms with van der Waals surface area (Å²) < 4.78 is 0.844. The van der Waals surface area contributed by atoms with Crippen molar-refractivity contribution in [1.82, 2.24) is 0 Å². The van der Waals surface area contributed by atoms with Gasteiger partial charge in [-0.2, -0.15) is 9.90 Å². The average molecular weight is 322 g/mol. The first-order chi connectivity index (χ1) is 3.06. The third-order valence-electron chi connectivity index (χ3n) is 0.771. The van der Waals surface area contributed by atoms with Crippen molar-refractivity contribution >= 4 is 9.90 Å². The zero-order valence-corrected chi connectivity index (χ0v) is 10.8. The van der Waals surface area contributed by atoms with E-state index in [1.54, 1.807) is 0 Å². The number of hydrogen-bond donors (Lipinski definition) is 1. The van der Waals surface area contributed by atoms with Crippen molar-refractivity contribution in [2.75, 3.05) is 34.3 Å². The number of aliphatic hydroxyl groups is 1. The van der Waals surface area contributed by atoms with E-state index in [4.69, 9.17) is 5.11 Å². The van der Waals surface area contributed by atoms with E-state index >= 15 is 0 Å². The Hall–Kier alpha value is 1.04. The molecule has 1 atom stereocenters. The second kappa shape index (κ2) is 7.15. The Balaban J connectivity index is -0.000000180. The second-order valence-electron chi connectivity index (χ2n) is 2.74. The van der Waals surface area contributed by atoms with Crippen molar-refractivity contribution in [2.45, 2.75) is 0 Å². The van der Waals surface area contributed by atoms with E-state index in [0.29, 0.717) is 0 Å². The van der Waals surface area contributed by atoms with E-state index in [1.165, 1.54) is 0 Å². The molecule has 0 aliphatic heterocycles. The zero-order valence-electron chi connectivity index (χ0n) is 6.42. The molecule has 0 rings (SSSR count). The monoisotopic (exact) mass is 322 g/mol. The topological polar surface area (TPSA) is 20.2 Å². The molecular weight excluding hydrogens is 305 g/mol. The second-order valence-corrected chi connectivity index (χ2v) is 2.74. The van der Waals surface area contributed by atoms with Gasteiger partial charge in [0.15, 0.2) is 0 Å². The van der Waals surface area contributed by atoms with E-state index in [2.05, 4.69) is 21.1 Å². The SMILES string of the molecule is C[N+](C)(C)CCO.P.[W]. The third-order valence-corrected chi connectivity index (χ3v) is 0.771. The van der Waals surface area contributed by atoms with Crippen LogP contribution in [-0.2, 0) is 21.1 Å². The first kappa shape index (κ1) is 16.6. The molecule has 0 aliphatic carbocycles. The van der Waals surface area contributed by atoms with Gasteiger partial charge in [-0.25, -0.2) is 0 Å². The number of quaternary nitrogens is 1. The summed E-state index contributed by atoms with van der Waals surface area (Å²) in [7, 11) is 6.16. The van der Waals surface area contributed by atoms with Crippen molar-refractivity contribution in [3.63, 3.8) is 0 Å². The largest absolute Gasteiger partial charge is 0.391 e. The van der Waals surface area contributed by atoms with E-state index in [0.717, 1.165) is 11.0 Å². The minimum atomic E-state index is 0. The Morgan fingerprint density at radius 2 is 1.56 bits per heavy atom. The van der Waals surface area contributed by atoms with E-state index in [9.17, 15) is 0 Å². The molecule has 0 fully saturated rings. The molecule has 4 heteroatoms. The fourth-order valence-electron chi connectivity index (χ4n) is 0.300. The maximum atomic E-state index is 8.39. The van der Waals surface area contributed by atoms with Gasteiger partial charge in [0.1, 0.15) is 6.54 Å². The minimum Gasteiger partial charge on any atom is -0.391 e. The van der Waals surface area contributed by atoms with Crippen LogP contribution in [0.1, 0.15) is 0 Å². The summed E-state index contributed by atoms with van der Waals surface area (Å²) >= 11 is 0. The van der Waals surface area contributed by atoms with E-state index in [1.807, 2.05) is 0 Å². The van der Waals surface area contributed by atoms with Gasteiger partial charge < -0.3 is 9.59 Å². The van der Waals surface area contributed by atoms with E-state index < -0.39 is 0 Å². The van der Waals surface area contributed by atoms with Gasteiger partial charge in [0.25, 0.3) is 0 Å². The maximum Gasteiger partial charge on any atom is 0.101 e. The van der Waals surface area contributed by atoms with Crippen LogP contribution in [-0.4, -0.2) is 43.9 Å². The van der Waals surface area contributed by atoms with Crippen molar-refractivity contribution < 1.29 is 30.7 Å². The molecule has 0 aliphatic rings. The number of aliphatic hydroxyl groups excluding tert-OH is 1. The van der Waals surface area contributed by atoms with Crippen LogP contribution in [0.25, 0.3) is 0 Å². The Morgan fingerprint density at radius 3 is 1.56 bits per heavy atom. The molecule has 0 heterocycles. The van der Waals surface area contributed by atoms with Gasteiger partial charge >= 0.3 is 0 Å². The Labute approximate surface area is 75.1 Å². The van der Waals surface area contributed by atoms with Crippen LogP contribution in [0.15, 0.2) is 0 Å². The summed E-state index contributed by atoms with van der Waals surface area (Å²) in [5.74, 6) is 0. The van der Waals surface area contributed by atoms with Crippen LogP contribution in [0.4, 0.5) is 0 Å². The summed E-state index contributed by atoms with van der Waals surface area (Å²) in [6.07, 6.45) is 0. The van der Waals surface area contributed by atoms with Gasteiger partial charge in [0, 0.05) is 21.1 Å². The first-order valence-corrected chi connectivity index (χ1v) is 2.47. The summed E-state index contributed by atoms with van der Waals surface area (Å²) in [5, 5.41) is 8.39. The van der Waals surface area contributed by atoms with Crippen molar-refractivity contribution in [1.29, 1.82) is 0 Å². The van der Waals surface area contributed by atoms with E-state index in [-0.39, 0.29) is 37.6 Å². The van der Waals surface area contributed by atoms with Gasteiger partial charge in [0.05, 0.1) is 27.7 Å². The fraction of sp³-hybridized carbons (Fsp3) is 1.00. The van der Waals surface area contributed by atoms with Crippen molar-refractivity contribution in [3.05, 3.63) is 0 Å². The molecule has 0 amide bonds. The molecule has 0 bridgehead atoms. The Morgan fingerprint density at radius 1 is 1.22 bits per heavy atom. The predicted molar refractivity (Wildman–Crippen MR) is 41.1 cm³/mol. The number of likely N-dealkylation sites (N-methyl/N-ethyl adjacent to an activating group) is 1. The molecule has 9 heavy (non-hydrogen) atoms. The normalized spacial score (nSPS) is 9.33. The van der Waals surface area contributed by atoms with Crippen LogP contribution in [0.3, 0.4) is 0 Å². The number of hydrogen-bond acceptors (Lipinski definition) is 1. The average Bonchev–Trinajstić information content (AvgIpc) is 1.30. The zero-order chi connectivity index (χ0) is 5.91. The molecule has 0 aromatic rings. The molecule has 1 N–H and O–H groups in total. The summed E-state index contributed by atoms with van der Waals surface area (Å²) in [6.45, 7) is 1.11. The maximum absolute atomic E-state index is 8.39. The van der Waals surface area contributed by atoms with Gasteiger partial charge in [-0.3, -0.25) is 0 Å². The minimum absolute atomic E-state index is 0. The van der Waals surface area contributed by atoms with Gasteiger partial charge in [0.2, 0.25) is 0 Å². The molecule has 0 spiro atoms. The predicted octanol–water partition coefficient (Wildman–Crippen LogP) is -0.259. The van der Waals surface area contributed by atoms with Crippen molar-refractivity contribution in [2.24, 2.45) is 0 Å². The molecule has 0 saturated carbocycles. The van der Waals surface area contributed by atoms with Gasteiger partial charge in [-0.1, -0.05) is 0 Å². The molecular formula is C5H17NOPW+. The Kier molecular flexibility index (Phi) is 13.1. The van der Waals surface area contributed by atoms with Crippen LogP contribution < -0.4 is 0 Å². The fourth-order valence-corrected chi connectivity index (χ4v) is 0.300. The van der Waals surface area contributed by atoms with Crippen LogP contribution >= 0.6 is 9.90 Å². The Bertz CT molecular complexity index is 55.4. The first-order valence-electron chi connectivity index (χ1n) is 2.47. The quantitative estimate of drug-likeness (QED) is 0.549. The van der Waals surface area contributed by atoms with Crippen molar-refractivity contribution in [3.8, 4) is 0 Å². The molecule has 1 unspecified atom stereocenters. The van der Waals surface area contributed by atoms with Crippen LogP contribution in [0.5, 0.6) is 0 Å². The smallest absolute Gasteiger partial charge is 0.101 e. The molecule has 58 valence electrons. The van der Waals surface area contributed by atoms with Crippen LogP contribution in [0, 0.1) is 0 Å². The molecule has 0 aromatic heterocycles. The summed E-state index contributed by atoms with van der Waals surface area (Å²) in [6, 6.07) is 0. The van der Waals surface area contributed by atoms with Gasteiger partial charge in [-0.05, 0) is 0 Å². The molecule has 0 radical (unpaired) electrons. The molecule has 2 nitrogen and oxygen atoms in total. The van der Waals surface area contributed by atoms with Crippen LogP contribution in [0.2, 0.25) is 0 Å². The number of nitrogens with zero attached hydrogens (tertiary/aromatic N) is 1. The summed E-state index contributed by atoms with van der Waals surface area (Å²) in [4.78, 5) is 0.